The van der Waals surface area contributed by atoms with Crippen molar-refractivity contribution < 1.29 is 19.2 Å². The molecule has 6 rings (SSSR count). The van der Waals surface area contributed by atoms with Crippen LogP contribution >= 0.6 is 0 Å². The number of carbonyl (C=O) groups is 2. The Morgan fingerprint density at radius 1 is 1.07 bits per heavy atom. The number of anilines is 1. The van der Waals surface area contributed by atoms with Gasteiger partial charge in [-0.1, -0.05) is 18.2 Å². The van der Waals surface area contributed by atoms with Crippen LogP contribution in [0.3, 0.4) is 0 Å². The number of nitrogens with zero attached hydrogens (tertiary/aromatic N) is 4. The van der Waals surface area contributed by atoms with Crippen LogP contribution in [0.5, 0.6) is 0 Å². The van der Waals surface area contributed by atoms with Crippen LogP contribution < -0.4 is 4.90 Å². The number of amides is 2. The minimum Gasteiger partial charge on any atom is -0.378 e. The van der Waals surface area contributed by atoms with Crippen molar-refractivity contribution in [1.82, 2.24) is 5.01 Å². The smallest absolute Gasteiger partial charge is 0.293 e. The second-order valence-corrected chi connectivity index (χ2v) is 8.18. The molecule has 2 aliphatic heterocycles. The summed E-state index contributed by atoms with van der Waals surface area (Å²) in [6, 6.07) is 4.82. The summed E-state index contributed by atoms with van der Waals surface area (Å²) in [4.78, 5) is 38.8. The molecule has 2 heterocycles. The van der Waals surface area contributed by atoms with Gasteiger partial charge >= 0.3 is 0 Å². The minimum absolute atomic E-state index is 0.0316. The summed E-state index contributed by atoms with van der Waals surface area (Å²) >= 11 is 0. The number of hydrogen-bond donors (Lipinski definition) is 0. The van der Waals surface area contributed by atoms with E-state index in [1.165, 1.54) is 12.3 Å². The van der Waals surface area contributed by atoms with Crippen LogP contribution in [0.2, 0.25) is 0 Å². The quantitative estimate of drug-likeness (QED) is 0.247. The molecule has 3 fully saturated rings. The number of nitro benzene ring substituents is 1. The summed E-state index contributed by atoms with van der Waals surface area (Å²) in [5.74, 6) is -0.969. The van der Waals surface area contributed by atoms with Crippen molar-refractivity contribution >= 4 is 29.4 Å². The lowest BCUT2D eigenvalue weighted by Crippen LogP contribution is -2.38. The van der Waals surface area contributed by atoms with E-state index in [4.69, 9.17) is 4.74 Å². The maximum atomic E-state index is 12.8. The number of nitro groups is 1. The zero-order chi connectivity index (χ0) is 20.8. The van der Waals surface area contributed by atoms with Gasteiger partial charge in [0.15, 0.2) is 0 Å². The number of allylic oxidation sites excluding steroid dienone is 2. The second-order valence-electron chi connectivity index (χ2n) is 8.18. The van der Waals surface area contributed by atoms with Crippen molar-refractivity contribution in [2.75, 3.05) is 31.2 Å². The van der Waals surface area contributed by atoms with E-state index in [0.29, 0.717) is 37.6 Å². The van der Waals surface area contributed by atoms with E-state index in [-0.39, 0.29) is 41.2 Å². The molecule has 156 valence electrons. The van der Waals surface area contributed by atoms with Gasteiger partial charge in [0.1, 0.15) is 5.69 Å². The number of carbonyl (C=O) groups excluding carboxylic acids is 2. The highest BCUT2D eigenvalue weighted by Gasteiger charge is 2.56. The van der Waals surface area contributed by atoms with Gasteiger partial charge in [0.25, 0.3) is 17.5 Å². The highest BCUT2D eigenvalue weighted by atomic mass is 16.6. The number of hydrazone groups is 1. The Kier molecular flexibility index (Phi) is 4.62. The summed E-state index contributed by atoms with van der Waals surface area (Å²) in [7, 11) is 0. The monoisotopic (exact) mass is 410 g/mol. The first kappa shape index (κ1) is 18.9. The van der Waals surface area contributed by atoms with Gasteiger partial charge in [-0.15, -0.1) is 0 Å². The average molecular weight is 410 g/mol. The first-order valence-electron chi connectivity index (χ1n) is 10.3. The number of fused-ring (bicyclic) bond motifs is 1. The lowest BCUT2D eigenvalue weighted by Gasteiger charge is -2.37. The Labute approximate surface area is 173 Å². The normalized spacial score (nSPS) is 30.4. The lowest BCUT2D eigenvalue weighted by molar-refractivity contribution is -0.384. The van der Waals surface area contributed by atoms with Crippen LogP contribution in [-0.2, 0) is 14.3 Å². The highest BCUT2D eigenvalue weighted by molar-refractivity contribution is 6.06. The van der Waals surface area contributed by atoms with Crippen molar-refractivity contribution in [1.29, 1.82) is 0 Å². The van der Waals surface area contributed by atoms with Gasteiger partial charge in [-0.25, -0.2) is 0 Å². The molecule has 4 atom stereocenters. The molecule has 2 amide bonds. The Morgan fingerprint density at radius 3 is 2.27 bits per heavy atom. The van der Waals surface area contributed by atoms with E-state index >= 15 is 0 Å². The van der Waals surface area contributed by atoms with Crippen LogP contribution in [0.25, 0.3) is 0 Å². The number of benzene rings is 1. The van der Waals surface area contributed by atoms with Crippen LogP contribution in [-0.4, -0.2) is 54.3 Å². The first-order chi connectivity index (χ1) is 14.5. The third kappa shape index (κ3) is 3.00. The third-order valence-electron chi connectivity index (χ3n) is 6.61. The number of hydrogen-bond acceptors (Lipinski definition) is 7. The van der Waals surface area contributed by atoms with Crippen molar-refractivity contribution in [3.63, 3.8) is 0 Å². The molecule has 0 aromatic heterocycles. The fourth-order valence-electron chi connectivity index (χ4n) is 5.14. The molecule has 5 aliphatic rings. The Hall–Kier alpha value is -3.07. The Bertz CT molecular complexity index is 936. The largest absolute Gasteiger partial charge is 0.378 e. The molecule has 0 radical (unpaired) electrons. The second kappa shape index (κ2) is 7.32. The molecule has 0 unspecified atom stereocenters. The molecule has 1 aromatic rings. The molecule has 0 N–H and O–H groups in total. The van der Waals surface area contributed by atoms with Crippen molar-refractivity contribution in [2.24, 2.45) is 28.8 Å². The standard InChI is InChI=1S/C21H22N4O5/c26-20-18-14-2-3-15(5-4-14)19(18)21(27)24(20)22-12-13-1-6-16(17(11-13)25(28)29)23-7-9-30-10-8-23/h1-3,6,11-12,14-15,18-19H,4-5,7-10H2/b22-12-/t14-,15-,18+,19+/m0/s1. The number of imide groups is 1. The zero-order valence-electron chi connectivity index (χ0n) is 16.3. The molecule has 3 aliphatic carbocycles. The summed E-state index contributed by atoms with van der Waals surface area (Å²) in [6.45, 7) is 2.23. The van der Waals surface area contributed by atoms with E-state index in [1.54, 1.807) is 12.1 Å². The molecule has 30 heavy (non-hydrogen) atoms. The molecular formula is C21H22N4O5. The molecule has 9 heteroatoms. The number of rotatable bonds is 4. The van der Waals surface area contributed by atoms with Gasteiger partial charge in [0.05, 0.1) is 36.2 Å². The molecule has 2 bridgehead atoms. The van der Waals surface area contributed by atoms with Gasteiger partial charge in [-0.3, -0.25) is 19.7 Å². The molecule has 0 spiro atoms. The maximum Gasteiger partial charge on any atom is 0.293 e. The van der Waals surface area contributed by atoms with E-state index in [9.17, 15) is 19.7 Å². The number of ether oxygens (including phenoxy) is 1. The molecule has 2 saturated heterocycles. The van der Waals surface area contributed by atoms with Crippen LogP contribution in [0.1, 0.15) is 18.4 Å². The van der Waals surface area contributed by atoms with E-state index in [1.807, 2.05) is 4.90 Å². The Morgan fingerprint density at radius 2 is 1.70 bits per heavy atom. The molecule has 1 aromatic carbocycles. The van der Waals surface area contributed by atoms with Gasteiger partial charge < -0.3 is 9.64 Å². The third-order valence-corrected chi connectivity index (χ3v) is 6.61. The van der Waals surface area contributed by atoms with Gasteiger partial charge in [-0.05, 0) is 30.7 Å². The predicted molar refractivity (Wildman–Crippen MR) is 108 cm³/mol. The van der Waals surface area contributed by atoms with Crippen molar-refractivity contribution in [3.8, 4) is 0 Å². The summed E-state index contributed by atoms with van der Waals surface area (Å²) in [5.41, 5.74) is 0.966. The van der Waals surface area contributed by atoms with Gasteiger partial charge in [0.2, 0.25) is 0 Å². The first-order valence-corrected chi connectivity index (χ1v) is 10.3. The van der Waals surface area contributed by atoms with Gasteiger partial charge in [-0.2, -0.15) is 10.1 Å². The summed E-state index contributed by atoms with van der Waals surface area (Å²) in [6.07, 6.45) is 7.32. The van der Waals surface area contributed by atoms with Gasteiger partial charge in [0, 0.05) is 24.7 Å². The zero-order valence-corrected chi connectivity index (χ0v) is 16.3. The van der Waals surface area contributed by atoms with E-state index < -0.39 is 4.92 Å². The van der Waals surface area contributed by atoms with Crippen LogP contribution in [0.4, 0.5) is 11.4 Å². The fourth-order valence-corrected chi connectivity index (χ4v) is 5.14. The van der Waals surface area contributed by atoms with E-state index in [0.717, 1.165) is 17.9 Å². The minimum atomic E-state index is -0.424. The summed E-state index contributed by atoms with van der Waals surface area (Å²) in [5, 5.41) is 16.7. The average Bonchev–Trinajstić information content (AvgIpc) is 3.05. The van der Waals surface area contributed by atoms with Crippen molar-refractivity contribution in [2.45, 2.75) is 12.8 Å². The van der Waals surface area contributed by atoms with Crippen molar-refractivity contribution in [3.05, 3.63) is 46.0 Å². The highest BCUT2D eigenvalue weighted by Crippen LogP contribution is 2.49. The molecular weight excluding hydrogens is 388 g/mol. The molecule has 9 nitrogen and oxygen atoms in total. The predicted octanol–water partition coefficient (Wildman–Crippen LogP) is 1.96. The molecule has 1 saturated carbocycles. The topological polar surface area (TPSA) is 105 Å². The van der Waals surface area contributed by atoms with Crippen LogP contribution in [0.15, 0.2) is 35.5 Å². The fraction of sp³-hybridized carbons (Fsp3) is 0.476. The maximum absolute atomic E-state index is 12.8. The SMILES string of the molecule is O=C1[C@H]2[C@H](C(=O)N1/N=C\c1ccc(N3CCOCC3)c([N+](=O)[O-])c1)[C@H]1C=C[C@H]2CC1. The summed E-state index contributed by atoms with van der Waals surface area (Å²) < 4.78 is 5.31. The van der Waals surface area contributed by atoms with E-state index in [2.05, 4.69) is 17.3 Å². The van der Waals surface area contributed by atoms with Crippen LogP contribution in [0, 0.1) is 33.8 Å². The Balaban J connectivity index is 1.39. The lowest BCUT2D eigenvalue weighted by atomic mass is 9.63. The number of morpholine rings is 1.